The van der Waals surface area contributed by atoms with Gasteiger partial charge in [-0.15, -0.1) is 0 Å². The van der Waals surface area contributed by atoms with Crippen LogP contribution >= 0.6 is 0 Å². The van der Waals surface area contributed by atoms with E-state index in [2.05, 4.69) is 48.5 Å². The predicted molar refractivity (Wildman–Crippen MR) is 137 cm³/mol. The Kier molecular flexibility index (Phi) is 10.2. The van der Waals surface area contributed by atoms with Gasteiger partial charge in [-0.25, -0.2) is 0 Å². The highest BCUT2D eigenvalue weighted by atomic mass is 16.5. The van der Waals surface area contributed by atoms with Gasteiger partial charge in [-0.1, -0.05) is 68.0 Å². The van der Waals surface area contributed by atoms with Crippen LogP contribution < -0.4 is 4.74 Å². The summed E-state index contributed by atoms with van der Waals surface area (Å²) >= 11 is 0. The molecule has 2 aromatic rings. The molecule has 0 saturated heterocycles. The fourth-order valence-corrected chi connectivity index (χ4v) is 4.97. The molecule has 2 aliphatic carbocycles. The highest BCUT2D eigenvalue weighted by Gasteiger charge is 2.33. The van der Waals surface area contributed by atoms with Crippen LogP contribution in [0.25, 0.3) is 0 Å². The molecule has 2 unspecified atom stereocenters. The molecule has 4 rings (SSSR count). The van der Waals surface area contributed by atoms with Crippen molar-refractivity contribution in [2.75, 3.05) is 20.8 Å². The zero-order chi connectivity index (χ0) is 23.5. The molecule has 0 bridgehead atoms. The van der Waals surface area contributed by atoms with E-state index in [-0.39, 0.29) is 0 Å². The Morgan fingerprint density at radius 1 is 0.879 bits per heavy atom. The summed E-state index contributed by atoms with van der Waals surface area (Å²) in [5, 5.41) is 0. The van der Waals surface area contributed by atoms with Crippen molar-refractivity contribution >= 4 is 0 Å². The molecular weight excluding hydrogens is 408 g/mol. The van der Waals surface area contributed by atoms with Gasteiger partial charge in [0, 0.05) is 7.11 Å². The average Bonchev–Trinajstić information content (AvgIpc) is 3.31. The van der Waals surface area contributed by atoms with Gasteiger partial charge >= 0.3 is 0 Å². The third-order valence-electron chi connectivity index (χ3n) is 6.67. The Hall–Kier alpha value is -2.36. The first-order chi connectivity index (χ1) is 16.3. The Balaban J connectivity index is 0.00000149. The van der Waals surface area contributed by atoms with Gasteiger partial charge in [-0.2, -0.15) is 0 Å². The second kappa shape index (κ2) is 13.4. The number of methoxy groups -OCH3 is 2. The highest BCUT2D eigenvalue weighted by Crippen LogP contribution is 2.44. The minimum absolute atomic E-state index is 0.369. The summed E-state index contributed by atoms with van der Waals surface area (Å²) < 4.78 is 17.2. The Morgan fingerprint density at radius 3 is 2.42 bits per heavy atom. The molecule has 1 saturated carbocycles. The molecule has 2 aliphatic rings. The summed E-state index contributed by atoms with van der Waals surface area (Å²) in [5.74, 6) is 1.58. The highest BCUT2D eigenvalue weighted by molar-refractivity contribution is 5.43. The van der Waals surface area contributed by atoms with Crippen LogP contribution in [0, 0.1) is 5.92 Å². The lowest BCUT2D eigenvalue weighted by atomic mass is 9.81. The van der Waals surface area contributed by atoms with E-state index in [1.807, 2.05) is 33.1 Å². The zero-order valence-corrected chi connectivity index (χ0v) is 20.8. The van der Waals surface area contributed by atoms with Crippen molar-refractivity contribution in [3.63, 3.8) is 0 Å². The van der Waals surface area contributed by atoms with E-state index >= 15 is 0 Å². The first-order valence-electron chi connectivity index (χ1n) is 12.5. The van der Waals surface area contributed by atoms with E-state index < -0.39 is 0 Å². The van der Waals surface area contributed by atoms with E-state index in [1.54, 1.807) is 18.3 Å². The monoisotopic (exact) mass is 448 g/mol. The minimum Gasteiger partial charge on any atom is -0.497 e. The van der Waals surface area contributed by atoms with Gasteiger partial charge in [0.1, 0.15) is 5.75 Å². The maximum Gasteiger partial charge on any atom is 0.119 e. The fourth-order valence-electron chi connectivity index (χ4n) is 4.97. The van der Waals surface area contributed by atoms with Crippen molar-refractivity contribution < 1.29 is 14.2 Å². The first kappa shape index (κ1) is 25.3. The second-order valence-electron chi connectivity index (χ2n) is 8.60. The van der Waals surface area contributed by atoms with Crippen molar-refractivity contribution in [1.29, 1.82) is 0 Å². The molecule has 0 aliphatic heterocycles. The van der Waals surface area contributed by atoms with Gasteiger partial charge in [-0.3, -0.25) is 0 Å². The number of ether oxygens (including phenoxy) is 3. The van der Waals surface area contributed by atoms with E-state index in [0.717, 1.165) is 50.9 Å². The number of allylic oxidation sites excluding steroid dienone is 2. The average molecular weight is 449 g/mol. The third-order valence-corrected chi connectivity index (χ3v) is 6.67. The smallest absolute Gasteiger partial charge is 0.119 e. The number of hydrogen-bond donors (Lipinski definition) is 0. The molecule has 0 radical (unpaired) electrons. The van der Waals surface area contributed by atoms with Crippen LogP contribution in [0.2, 0.25) is 0 Å². The number of rotatable bonds is 10. The fraction of sp³-hybridized carbons (Fsp3) is 0.467. The van der Waals surface area contributed by atoms with Crippen LogP contribution in [-0.2, 0) is 22.5 Å². The SMILES string of the molecule is CC.COc1cccc(CCC2=C3CC(OC)CC3CC=C2CCOCc2ccccc2)c1. The van der Waals surface area contributed by atoms with Crippen molar-refractivity contribution in [2.24, 2.45) is 5.92 Å². The van der Waals surface area contributed by atoms with Crippen molar-refractivity contribution in [1.82, 2.24) is 0 Å². The molecule has 0 amide bonds. The van der Waals surface area contributed by atoms with Crippen LogP contribution in [0.4, 0.5) is 0 Å². The summed E-state index contributed by atoms with van der Waals surface area (Å²) in [6.07, 6.45) is 9.30. The summed E-state index contributed by atoms with van der Waals surface area (Å²) in [4.78, 5) is 0. The van der Waals surface area contributed by atoms with Crippen LogP contribution in [0.1, 0.15) is 57.1 Å². The number of aryl methyl sites for hydroxylation is 1. The number of hydrogen-bond acceptors (Lipinski definition) is 3. The topological polar surface area (TPSA) is 27.7 Å². The molecule has 2 aromatic carbocycles. The van der Waals surface area contributed by atoms with E-state index in [0.29, 0.717) is 18.6 Å². The first-order valence-corrected chi connectivity index (χ1v) is 12.5. The molecule has 178 valence electrons. The molecule has 0 aromatic heterocycles. The predicted octanol–water partition coefficient (Wildman–Crippen LogP) is 7.31. The normalized spacial score (nSPS) is 19.5. The minimum atomic E-state index is 0.369. The lowest BCUT2D eigenvalue weighted by Gasteiger charge is -2.25. The van der Waals surface area contributed by atoms with E-state index in [4.69, 9.17) is 14.2 Å². The van der Waals surface area contributed by atoms with Crippen molar-refractivity contribution in [3.05, 3.63) is 88.5 Å². The molecule has 3 heteroatoms. The zero-order valence-electron chi connectivity index (χ0n) is 20.8. The van der Waals surface area contributed by atoms with Crippen molar-refractivity contribution in [3.8, 4) is 5.75 Å². The summed E-state index contributed by atoms with van der Waals surface area (Å²) in [6, 6.07) is 18.9. The molecule has 0 heterocycles. The summed E-state index contributed by atoms with van der Waals surface area (Å²) in [7, 11) is 3.58. The molecule has 0 N–H and O–H groups in total. The van der Waals surface area contributed by atoms with Crippen LogP contribution in [0.15, 0.2) is 77.4 Å². The quantitative estimate of drug-likeness (QED) is 0.357. The summed E-state index contributed by atoms with van der Waals surface area (Å²) in [5.41, 5.74) is 7.24. The maximum atomic E-state index is 6.01. The third kappa shape index (κ3) is 7.06. The molecule has 3 nitrogen and oxygen atoms in total. The summed E-state index contributed by atoms with van der Waals surface area (Å²) in [6.45, 7) is 5.44. The Morgan fingerprint density at radius 2 is 1.67 bits per heavy atom. The van der Waals surface area contributed by atoms with E-state index in [1.165, 1.54) is 16.7 Å². The second-order valence-corrected chi connectivity index (χ2v) is 8.60. The Bertz CT molecular complexity index is 913. The lowest BCUT2D eigenvalue weighted by Crippen LogP contribution is -2.10. The molecule has 33 heavy (non-hydrogen) atoms. The number of fused-ring (bicyclic) bond motifs is 1. The van der Waals surface area contributed by atoms with Gasteiger partial charge in [-0.05, 0) is 78.8 Å². The van der Waals surface area contributed by atoms with Gasteiger partial charge in [0.15, 0.2) is 0 Å². The largest absolute Gasteiger partial charge is 0.497 e. The lowest BCUT2D eigenvalue weighted by molar-refractivity contribution is 0.106. The van der Waals surface area contributed by atoms with Gasteiger partial charge in [0.2, 0.25) is 0 Å². The molecular formula is C30H40O3. The Labute approximate surface area is 200 Å². The molecule has 0 spiro atoms. The van der Waals surface area contributed by atoms with Crippen LogP contribution in [-0.4, -0.2) is 26.9 Å². The molecule has 2 atom stereocenters. The van der Waals surface area contributed by atoms with Gasteiger partial charge in [0.25, 0.3) is 0 Å². The van der Waals surface area contributed by atoms with E-state index in [9.17, 15) is 0 Å². The van der Waals surface area contributed by atoms with Gasteiger partial charge in [0.05, 0.1) is 26.4 Å². The maximum absolute atomic E-state index is 6.01. The van der Waals surface area contributed by atoms with Gasteiger partial charge < -0.3 is 14.2 Å². The van der Waals surface area contributed by atoms with Crippen LogP contribution in [0.5, 0.6) is 5.75 Å². The van der Waals surface area contributed by atoms with Crippen molar-refractivity contribution in [2.45, 2.75) is 65.1 Å². The number of benzene rings is 2. The molecule has 1 fully saturated rings. The van der Waals surface area contributed by atoms with Crippen LogP contribution in [0.3, 0.4) is 0 Å². The standard InChI is InChI=1S/C28H34O3.C2H6/c1-29-25-10-6-9-21(17-25)11-14-27-23(12-13-24-18-26(30-2)19-28(24)27)15-16-31-20-22-7-4-3-5-8-22;1-2/h3-10,12,17,24,26H,11,13-16,18-20H2,1-2H3;1-2H3.